The van der Waals surface area contributed by atoms with Crippen molar-refractivity contribution in [3.63, 3.8) is 0 Å². The zero-order valence-electron chi connectivity index (χ0n) is 11.0. The third-order valence-electron chi connectivity index (χ3n) is 2.92. The maximum atomic E-state index is 13.9. The smallest absolute Gasteiger partial charge is 0.228 e. The van der Waals surface area contributed by atoms with Crippen molar-refractivity contribution in [3.8, 4) is 5.75 Å². The molecule has 0 aromatic heterocycles. The fraction of sp³-hybridized carbons (Fsp3) is 0.385. The predicted octanol–water partition coefficient (Wildman–Crippen LogP) is 2.36. The number of amides is 1. The Labute approximate surface area is 119 Å². The summed E-state index contributed by atoms with van der Waals surface area (Å²) in [6, 6.07) is 2.05. The summed E-state index contributed by atoms with van der Waals surface area (Å²) in [5.41, 5.74) is -0.387. The number of methoxy groups -OCH3 is 1. The molecular weight excluding hydrogens is 288 g/mol. The average molecular weight is 301 g/mol. The van der Waals surface area contributed by atoms with E-state index in [1.165, 1.54) is 14.0 Å². The van der Waals surface area contributed by atoms with Crippen LogP contribution in [0.15, 0.2) is 12.1 Å². The Bertz CT molecular complexity index is 542. The topological polar surface area (TPSA) is 46.6 Å². The van der Waals surface area contributed by atoms with Gasteiger partial charge >= 0.3 is 0 Å². The molecule has 108 valence electrons. The van der Waals surface area contributed by atoms with Crippen LogP contribution in [0.1, 0.15) is 13.3 Å². The molecule has 1 atom stereocenters. The van der Waals surface area contributed by atoms with Gasteiger partial charge in [0, 0.05) is 37.3 Å². The van der Waals surface area contributed by atoms with E-state index in [4.69, 9.17) is 4.74 Å². The number of benzene rings is 1. The van der Waals surface area contributed by atoms with E-state index in [2.05, 4.69) is 0 Å². The molecule has 1 aliphatic rings. The molecule has 0 saturated carbocycles. The average Bonchev–Trinajstić information content (AvgIpc) is 2.68. The summed E-state index contributed by atoms with van der Waals surface area (Å²) in [4.78, 5) is 23.9. The summed E-state index contributed by atoms with van der Waals surface area (Å²) >= 11 is 1.01. The van der Waals surface area contributed by atoms with Gasteiger partial charge in [-0.25, -0.2) is 8.78 Å². The van der Waals surface area contributed by atoms with Crippen LogP contribution >= 0.6 is 11.8 Å². The highest BCUT2D eigenvalue weighted by Gasteiger charge is 2.35. The van der Waals surface area contributed by atoms with Crippen LogP contribution in [0.5, 0.6) is 5.75 Å². The number of carbonyl (C=O) groups is 2. The van der Waals surface area contributed by atoms with Crippen LogP contribution in [-0.4, -0.2) is 29.9 Å². The van der Waals surface area contributed by atoms with Gasteiger partial charge in [-0.2, -0.15) is 0 Å². The molecule has 0 N–H and O–H groups in total. The van der Waals surface area contributed by atoms with E-state index in [-0.39, 0.29) is 34.8 Å². The fourth-order valence-electron chi connectivity index (χ4n) is 2.12. The summed E-state index contributed by atoms with van der Waals surface area (Å²) in [7, 11) is 1.30. The van der Waals surface area contributed by atoms with Crippen LogP contribution in [-0.2, 0) is 9.59 Å². The third kappa shape index (κ3) is 2.92. The van der Waals surface area contributed by atoms with Crippen molar-refractivity contribution in [3.05, 3.63) is 23.8 Å². The molecule has 4 nitrogen and oxygen atoms in total. The SMILES string of the molecule is COc1cc(F)c(N2CC(SC(C)=O)CC2=O)c(F)c1. The van der Waals surface area contributed by atoms with Crippen molar-refractivity contribution >= 4 is 28.5 Å². The number of hydrogen-bond acceptors (Lipinski definition) is 4. The van der Waals surface area contributed by atoms with E-state index in [0.717, 1.165) is 28.8 Å². The van der Waals surface area contributed by atoms with Crippen LogP contribution in [0.25, 0.3) is 0 Å². The highest BCUT2D eigenvalue weighted by Crippen LogP contribution is 2.33. The molecule has 1 aromatic rings. The second-order valence-electron chi connectivity index (χ2n) is 4.38. The molecule has 0 radical (unpaired) electrons. The van der Waals surface area contributed by atoms with E-state index in [0.29, 0.717) is 0 Å². The van der Waals surface area contributed by atoms with Gasteiger partial charge in [-0.05, 0) is 0 Å². The molecule has 0 aliphatic carbocycles. The molecule has 1 amide bonds. The van der Waals surface area contributed by atoms with Gasteiger partial charge in [-0.1, -0.05) is 11.8 Å². The first-order chi connectivity index (χ1) is 9.42. The van der Waals surface area contributed by atoms with Gasteiger partial charge in [0.2, 0.25) is 5.91 Å². The Morgan fingerprint density at radius 1 is 1.40 bits per heavy atom. The second-order valence-corrected chi connectivity index (χ2v) is 5.86. The van der Waals surface area contributed by atoms with E-state index in [1.807, 2.05) is 0 Å². The van der Waals surface area contributed by atoms with E-state index in [9.17, 15) is 18.4 Å². The van der Waals surface area contributed by atoms with Gasteiger partial charge in [-0.15, -0.1) is 0 Å². The lowest BCUT2D eigenvalue weighted by Crippen LogP contribution is -2.27. The minimum absolute atomic E-state index is 0.0463. The number of hydrogen-bond donors (Lipinski definition) is 0. The van der Waals surface area contributed by atoms with Gasteiger partial charge in [0.05, 0.1) is 7.11 Å². The molecule has 1 fully saturated rings. The summed E-state index contributed by atoms with van der Waals surface area (Å²) in [5.74, 6) is -2.07. The number of nitrogens with zero attached hydrogens (tertiary/aromatic N) is 1. The molecule has 1 saturated heterocycles. The number of anilines is 1. The van der Waals surface area contributed by atoms with Crippen molar-refractivity contribution in [2.75, 3.05) is 18.6 Å². The summed E-state index contributed by atoms with van der Waals surface area (Å²) < 4.78 is 32.6. The van der Waals surface area contributed by atoms with E-state index >= 15 is 0 Å². The maximum Gasteiger partial charge on any atom is 0.228 e. The first-order valence-corrected chi connectivity index (χ1v) is 6.81. The quantitative estimate of drug-likeness (QED) is 0.860. The minimum Gasteiger partial charge on any atom is -0.497 e. The summed E-state index contributed by atoms with van der Waals surface area (Å²) in [6.07, 6.45) is 0.0924. The molecule has 2 rings (SSSR count). The fourth-order valence-corrected chi connectivity index (χ4v) is 3.04. The largest absolute Gasteiger partial charge is 0.497 e. The zero-order chi connectivity index (χ0) is 14.9. The normalized spacial score (nSPS) is 18.5. The molecular formula is C13H13F2NO3S. The number of halogens is 2. The van der Waals surface area contributed by atoms with Crippen LogP contribution in [0, 0.1) is 11.6 Å². The number of rotatable bonds is 3. The van der Waals surface area contributed by atoms with Crippen molar-refractivity contribution in [1.82, 2.24) is 0 Å². The van der Waals surface area contributed by atoms with Crippen molar-refractivity contribution < 1.29 is 23.1 Å². The van der Waals surface area contributed by atoms with Crippen LogP contribution in [0.3, 0.4) is 0 Å². The molecule has 1 unspecified atom stereocenters. The van der Waals surface area contributed by atoms with Crippen molar-refractivity contribution in [1.29, 1.82) is 0 Å². The minimum atomic E-state index is -0.858. The van der Waals surface area contributed by atoms with Gasteiger partial charge < -0.3 is 9.64 Å². The van der Waals surface area contributed by atoms with Crippen LogP contribution in [0.4, 0.5) is 14.5 Å². The summed E-state index contributed by atoms with van der Waals surface area (Å²) in [5, 5.41) is -0.402. The van der Waals surface area contributed by atoms with Gasteiger partial charge in [0.25, 0.3) is 0 Å². The Balaban J connectivity index is 2.28. The molecule has 0 spiro atoms. The highest BCUT2D eigenvalue weighted by atomic mass is 32.2. The van der Waals surface area contributed by atoms with Gasteiger partial charge in [0.1, 0.15) is 11.4 Å². The maximum absolute atomic E-state index is 13.9. The summed E-state index contributed by atoms with van der Waals surface area (Å²) in [6.45, 7) is 1.51. The Kier molecular flexibility index (Phi) is 4.27. The third-order valence-corrected chi connectivity index (χ3v) is 3.90. The molecule has 1 heterocycles. The molecule has 20 heavy (non-hydrogen) atoms. The Morgan fingerprint density at radius 3 is 2.50 bits per heavy atom. The Hall–Kier alpha value is -1.63. The van der Waals surface area contributed by atoms with E-state index < -0.39 is 17.5 Å². The first-order valence-electron chi connectivity index (χ1n) is 5.93. The number of ether oxygens (including phenoxy) is 1. The molecule has 1 aliphatic heterocycles. The highest BCUT2D eigenvalue weighted by molar-refractivity contribution is 8.14. The lowest BCUT2D eigenvalue weighted by molar-refractivity contribution is -0.117. The van der Waals surface area contributed by atoms with E-state index in [1.54, 1.807) is 0 Å². The lowest BCUT2D eigenvalue weighted by atomic mass is 10.2. The molecule has 0 bridgehead atoms. The van der Waals surface area contributed by atoms with Crippen molar-refractivity contribution in [2.24, 2.45) is 0 Å². The number of thioether (sulfide) groups is 1. The van der Waals surface area contributed by atoms with Crippen LogP contribution < -0.4 is 9.64 Å². The zero-order valence-corrected chi connectivity index (χ0v) is 11.8. The molecule has 1 aromatic carbocycles. The van der Waals surface area contributed by atoms with Crippen molar-refractivity contribution in [2.45, 2.75) is 18.6 Å². The number of carbonyl (C=O) groups excluding carboxylic acids is 2. The first kappa shape index (κ1) is 14.8. The molecule has 7 heteroatoms. The lowest BCUT2D eigenvalue weighted by Gasteiger charge is -2.18. The predicted molar refractivity (Wildman–Crippen MR) is 71.9 cm³/mol. The monoisotopic (exact) mass is 301 g/mol. The van der Waals surface area contributed by atoms with Gasteiger partial charge in [0.15, 0.2) is 16.7 Å². The second kappa shape index (κ2) is 5.78. The van der Waals surface area contributed by atoms with Gasteiger partial charge in [-0.3, -0.25) is 9.59 Å². The standard InChI is InChI=1S/C13H13F2NO3S/c1-7(17)20-9-5-12(18)16(6-9)13-10(14)3-8(19-2)4-11(13)15/h3-4,9H,5-6H2,1-2H3. The van der Waals surface area contributed by atoms with Crippen LogP contribution in [0.2, 0.25) is 0 Å². The Morgan fingerprint density at radius 2 is 2.00 bits per heavy atom.